The van der Waals surface area contributed by atoms with Crippen molar-refractivity contribution in [3.63, 3.8) is 0 Å². The second kappa shape index (κ2) is 13.7. The molecule has 2 N–H and O–H groups in total. The van der Waals surface area contributed by atoms with Crippen LogP contribution in [0.4, 0.5) is 0 Å². The molecule has 5 nitrogen and oxygen atoms in total. The van der Waals surface area contributed by atoms with Crippen molar-refractivity contribution >= 4 is 5.91 Å². The van der Waals surface area contributed by atoms with Crippen LogP contribution in [0.3, 0.4) is 0 Å². The van der Waals surface area contributed by atoms with Crippen LogP contribution in [0.5, 0.6) is 0 Å². The van der Waals surface area contributed by atoms with Gasteiger partial charge in [0.25, 0.3) is 0 Å². The SMILES string of the molecule is C#CCCC1(CCNC(=O)[C@H](O)CCCCCCCCCCCC)N=N1. The highest BCUT2D eigenvalue weighted by atomic mass is 16.3. The van der Waals surface area contributed by atoms with Crippen LogP contribution in [0.15, 0.2) is 10.2 Å². The lowest BCUT2D eigenvalue weighted by Gasteiger charge is -2.13. The summed E-state index contributed by atoms with van der Waals surface area (Å²) in [4.78, 5) is 11.9. The van der Waals surface area contributed by atoms with Gasteiger partial charge in [-0.1, -0.05) is 71.1 Å². The monoisotopic (exact) mass is 363 g/mol. The molecule has 1 aliphatic rings. The third-order valence-electron chi connectivity index (χ3n) is 5.01. The summed E-state index contributed by atoms with van der Waals surface area (Å²) in [7, 11) is 0. The van der Waals surface area contributed by atoms with E-state index in [4.69, 9.17) is 6.42 Å². The van der Waals surface area contributed by atoms with Crippen molar-refractivity contribution in [1.82, 2.24) is 5.32 Å². The Morgan fingerprint density at radius 1 is 1.04 bits per heavy atom. The molecule has 1 atom stereocenters. The van der Waals surface area contributed by atoms with Gasteiger partial charge < -0.3 is 10.4 Å². The first-order chi connectivity index (χ1) is 12.6. The first kappa shape index (κ1) is 22.6. The number of aliphatic hydroxyl groups excluding tert-OH is 1. The zero-order valence-electron chi connectivity index (χ0n) is 16.5. The van der Waals surface area contributed by atoms with Gasteiger partial charge in [0.2, 0.25) is 5.91 Å². The zero-order valence-corrected chi connectivity index (χ0v) is 16.5. The number of rotatable bonds is 17. The molecule has 0 fully saturated rings. The first-order valence-corrected chi connectivity index (χ1v) is 10.5. The Kier molecular flexibility index (Phi) is 12.0. The van der Waals surface area contributed by atoms with Gasteiger partial charge in [-0.05, 0) is 6.42 Å². The molecule has 26 heavy (non-hydrogen) atoms. The van der Waals surface area contributed by atoms with Gasteiger partial charge in [0.1, 0.15) is 6.10 Å². The van der Waals surface area contributed by atoms with E-state index in [1.54, 1.807) is 0 Å². The van der Waals surface area contributed by atoms with Gasteiger partial charge in [-0.2, -0.15) is 10.2 Å². The molecule has 148 valence electrons. The van der Waals surface area contributed by atoms with E-state index in [2.05, 4.69) is 28.4 Å². The summed E-state index contributed by atoms with van der Waals surface area (Å²) in [5.74, 6) is 2.30. The number of carbonyl (C=O) groups excluding carboxylic acids is 1. The van der Waals surface area contributed by atoms with Crippen molar-refractivity contribution in [2.45, 2.75) is 109 Å². The van der Waals surface area contributed by atoms with Crippen molar-refractivity contribution in [2.24, 2.45) is 10.2 Å². The summed E-state index contributed by atoms with van der Waals surface area (Å²) in [6.45, 7) is 2.72. The van der Waals surface area contributed by atoms with E-state index in [9.17, 15) is 9.90 Å². The summed E-state index contributed by atoms with van der Waals surface area (Å²) in [5.41, 5.74) is -0.374. The first-order valence-electron chi connectivity index (χ1n) is 10.5. The number of nitrogens with one attached hydrogen (secondary N) is 1. The Balaban J connectivity index is 1.93. The number of hydrogen-bond acceptors (Lipinski definition) is 4. The highest BCUT2D eigenvalue weighted by Crippen LogP contribution is 2.36. The molecule has 1 heterocycles. The van der Waals surface area contributed by atoms with Gasteiger partial charge in [0.05, 0.1) is 0 Å². The van der Waals surface area contributed by atoms with E-state index >= 15 is 0 Å². The van der Waals surface area contributed by atoms with Gasteiger partial charge in [-0.15, -0.1) is 12.3 Å². The second-order valence-corrected chi connectivity index (χ2v) is 7.41. The quantitative estimate of drug-likeness (QED) is 0.289. The molecule has 1 rings (SSSR count). The Hall–Kier alpha value is -1.41. The van der Waals surface area contributed by atoms with E-state index in [0.29, 0.717) is 25.8 Å². The van der Waals surface area contributed by atoms with Gasteiger partial charge >= 0.3 is 0 Å². The van der Waals surface area contributed by atoms with E-state index in [1.807, 2.05) is 0 Å². The Morgan fingerprint density at radius 3 is 2.15 bits per heavy atom. The standard InChI is InChI=1S/C21H37N3O2/c1-3-5-7-8-9-10-11-12-13-14-15-19(25)20(26)22-18-17-21(23-24-21)16-6-4-2/h2,19,25H,3,5-18H2,1H3,(H,22,26)/t19-/m1/s1. The molecule has 0 aromatic heterocycles. The lowest BCUT2D eigenvalue weighted by Crippen LogP contribution is -2.36. The summed E-state index contributed by atoms with van der Waals surface area (Å²) < 4.78 is 0. The predicted molar refractivity (Wildman–Crippen MR) is 106 cm³/mol. The third kappa shape index (κ3) is 10.6. The fraction of sp³-hybridized carbons (Fsp3) is 0.857. The number of aliphatic hydroxyl groups is 1. The molecule has 0 saturated heterocycles. The predicted octanol–water partition coefficient (Wildman–Crippen LogP) is 4.74. The summed E-state index contributed by atoms with van der Waals surface area (Å²) in [6, 6.07) is 0. The molecular formula is C21H37N3O2. The van der Waals surface area contributed by atoms with Gasteiger partial charge in [0.15, 0.2) is 5.66 Å². The molecular weight excluding hydrogens is 326 g/mol. The molecule has 0 radical (unpaired) electrons. The van der Waals surface area contributed by atoms with Crippen LogP contribution in [0, 0.1) is 12.3 Å². The minimum absolute atomic E-state index is 0.284. The maximum absolute atomic E-state index is 11.9. The molecule has 0 aromatic carbocycles. The van der Waals surface area contributed by atoms with Crippen molar-refractivity contribution in [3.8, 4) is 12.3 Å². The molecule has 0 saturated carbocycles. The fourth-order valence-corrected chi connectivity index (χ4v) is 3.13. The summed E-state index contributed by atoms with van der Waals surface area (Å²) in [6.07, 6.45) is 19.4. The molecule has 5 heteroatoms. The van der Waals surface area contributed by atoms with Crippen LogP contribution in [0.1, 0.15) is 96.8 Å². The van der Waals surface area contributed by atoms with Crippen LogP contribution in [-0.4, -0.2) is 29.3 Å². The van der Waals surface area contributed by atoms with Crippen LogP contribution >= 0.6 is 0 Å². The average molecular weight is 364 g/mol. The van der Waals surface area contributed by atoms with Gasteiger partial charge in [-0.25, -0.2) is 0 Å². The number of unbranched alkanes of at least 4 members (excludes halogenated alkanes) is 9. The van der Waals surface area contributed by atoms with Crippen molar-refractivity contribution in [2.75, 3.05) is 6.54 Å². The van der Waals surface area contributed by atoms with E-state index in [0.717, 1.165) is 19.3 Å². The molecule has 0 spiro atoms. The third-order valence-corrected chi connectivity index (χ3v) is 5.01. The van der Waals surface area contributed by atoms with Crippen molar-refractivity contribution in [1.29, 1.82) is 0 Å². The molecule has 0 aromatic rings. The second-order valence-electron chi connectivity index (χ2n) is 7.41. The highest BCUT2D eigenvalue weighted by Gasteiger charge is 2.38. The largest absolute Gasteiger partial charge is 0.383 e. The Labute approximate surface area is 159 Å². The minimum Gasteiger partial charge on any atom is -0.383 e. The maximum Gasteiger partial charge on any atom is 0.248 e. The van der Waals surface area contributed by atoms with Gasteiger partial charge in [-0.3, -0.25) is 4.79 Å². The summed E-state index contributed by atoms with van der Waals surface area (Å²) >= 11 is 0. The maximum atomic E-state index is 11.9. The lowest BCUT2D eigenvalue weighted by molar-refractivity contribution is -0.129. The number of carbonyl (C=O) groups is 1. The van der Waals surface area contributed by atoms with Gasteiger partial charge in [0, 0.05) is 25.8 Å². The number of terminal acetylenes is 1. The number of amides is 1. The normalized spacial score (nSPS) is 15.4. The Morgan fingerprint density at radius 2 is 1.62 bits per heavy atom. The molecule has 0 aliphatic carbocycles. The topological polar surface area (TPSA) is 74.0 Å². The van der Waals surface area contributed by atoms with E-state index in [1.165, 1.54) is 51.4 Å². The molecule has 1 amide bonds. The number of hydrogen-bond donors (Lipinski definition) is 2. The fourth-order valence-electron chi connectivity index (χ4n) is 3.13. The zero-order chi connectivity index (χ0) is 19.1. The minimum atomic E-state index is -0.904. The molecule has 0 bridgehead atoms. The average Bonchev–Trinajstić information content (AvgIpc) is 3.41. The van der Waals surface area contributed by atoms with Crippen LogP contribution < -0.4 is 5.32 Å². The Bertz CT molecular complexity index is 451. The highest BCUT2D eigenvalue weighted by molar-refractivity contribution is 5.80. The summed E-state index contributed by atoms with van der Waals surface area (Å²) in [5, 5.41) is 20.8. The van der Waals surface area contributed by atoms with E-state index in [-0.39, 0.29) is 11.6 Å². The molecule has 0 unspecified atom stereocenters. The lowest BCUT2D eigenvalue weighted by atomic mass is 10.0. The van der Waals surface area contributed by atoms with Crippen molar-refractivity contribution < 1.29 is 9.90 Å². The van der Waals surface area contributed by atoms with Crippen LogP contribution in [0.25, 0.3) is 0 Å². The number of nitrogens with zero attached hydrogens (tertiary/aromatic N) is 2. The molecule has 1 aliphatic heterocycles. The van der Waals surface area contributed by atoms with Crippen LogP contribution in [-0.2, 0) is 4.79 Å². The van der Waals surface area contributed by atoms with Crippen molar-refractivity contribution in [3.05, 3.63) is 0 Å². The van der Waals surface area contributed by atoms with Crippen LogP contribution in [0.2, 0.25) is 0 Å². The van der Waals surface area contributed by atoms with E-state index < -0.39 is 6.10 Å². The smallest absolute Gasteiger partial charge is 0.248 e.